The van der Waals surface area contributed by atoms with Gasteiger partial charge in [0.1, 0.15) is 17.2 Å². The zero-order valence-corrected chi connectivity index (χ0v) is 12.7. The van der Waals surface area contributed by atoms with Crippen LogP contribution in [0.15, 0.2) is 78.9 Å². The summed E-state index contributed by atoms with van der Waals surface area (Å²) < 4.78 is 27.7. The maximum absolute atomic E-state index is 13.9. The Balaban J connectivity index is 1.97. The van der Waals surface area contributed by atoms with Crippen LogP contribution in [0, 0.1) is 11.6 Å². The number of carbonyl (C=O) groups is 1. The average Bonchev–Trinajstić information content (AvgIpc) is 2.61. The summed E-state index contributed by atoms with van der Waals surface area (Å²) in [5.41, 5.74) is 1.08. The number of benzene rings is 3. The second-order valence-corrected chi connectivity index (χ2v) is 5.32. The lowest BCUT2D eigenvalue weighted by Gasteiger charge is -2.20. The number of halogens is 2. The highest BCUT2D eigenvalue weighted by Crippen LogP contribution is 2.23. The summed E-state index contributed by atoms with van der Waals surface area (Å²) in [5.74, 6) is -2.55. The van der Waals surface area contributed by atoms with Crippen LogP contribution in [0.5, 0.6) is 0 Å². The van der Waals surface area contributed by atoms with E-state index in [1.807, 2.05) is 60.7 Å². The van der Waals surface area contributed by atoms with Crippen molar-refractivity contribution in [3.05, 3.63) is 107 Å². The Morgan fingerprint density at radius 2 is 1.17 bits per heavy atom. The maximum Gasteiger partial charge on any atom is 0.258 e. The van der Waals surface area contributed by atoms with Gasteiger partial charge in [0.05, 0.1) is 6.04 Å². The van der Waals surface area contributed by atoms with Gasteiger partial charge in [-0.3, -0.25) is 4.79 Å². The minimum atomic E-state index is -0.882. The van der Waals surface area contributed by atoms with Gasteiger partial charge in [-0.15, -0.1) is 0 Å². The molecule has 4 heteroatoms. The molecule has 1 N–H and O–H groups in total. The van der Waals surface area contributed by atoms with E-state index < -0.39 is 29.1 Å². The lowest BCUT2D eigenvalue weighted by atomic mass is 9.98. The van der Waals surface area contributed by atoms with Gasteiger partial charge in [-0.25, -0.2) is 8.78 Å². The van der Waals surface area contributed by atoms with Crippen LogP contribution in [-0.4, -0.2) is 5.91 Å². The Hall–Kier alpha value is -3.01. The molecule has 3 rings (SSSR count). The Morgan fingerprint density at radius 3 is 1.62 bits per heavy atom. The van der Waals surface area contributed by atoms with Gasteiger partial charge in [0.2, 0.25) is 0 Å². The number of amides is 1. The lowest BCUT2D eigenvalue weighted by Crippen LogP contribution is -2.30. The van der Waals surface area contributed by atoms with Gasteiger partial charge in [-0.05, 0) is 23.3 Å². The number of rotatable bonds is 4. The van der Waals surface area contributed by atoms with Gasteiger partial charge in [0, 0.05) is 0 Å². The molecule has 0 aliphatic heterocycles. The first-order chi connectivity index (χ1) is 11.7. The normalized spacial score (nSPS) is 10.6. The Morgan fingerprint density at radius 1 is 0.708 bits per heavy atom. The van der Waals surface area contributed by atoms with Crippen molar-refractivity contribution in [3.63, 3.8) is 0 Å². The van der Waals surface area contributed by atoms with Crippen LogP contribution in [0.1, 0.15) is 27.5 Å². The fraction of sp³-hybridized carbons (Fsp3) is 0.0500. The molecule has 3 aromatic rings. The van der Waals surface area contributed by atoms with Crippen molar-refractivity contribution in [2.75, 3.05) is 0 Å². The molecule has 0 saturated carbocycles. The molecule has 0 aliphatic rings. The molecule has 2 nitrogen and oxygen atoms in total. The fourth-order valence-corrected chi connectivity index (χ4v) is 2.57. The van der Waals surface area contributed by atoms with Crippen LogP contribution in [0.2, 0.25) is 0 Å². The van der Waals surface area contributed by atoms with E-state index in [4.69, 9.17) is 0 Å². The summed E-state index contributed by atoms with van der Waals surface area (Å²) in [7, 11) is 0. The quantitative estimate of drug-likeness (QED) is 0.753. The minimum absolute atomic E-state index is 0.501. The molecule has 0 fully saturated rings. The molecular weight excluding hydrogens is 308 g/mol. The summed E-state index contributed by atoms with van der Waals surface area (Å²) in [5, 5.41) is 2.73. The molecule has 0 spiro atoms. The van der Waals surface area contributed by atoms with Crippen LogP contribution < -0.4 is 5.32 Å². The standard InChI is InChI=1S/C20H15F2NO/c21-16-12-7-13-17(22)18(16)20(24)23-19(14-8-3-1-4-9-14)15-10-5-2-6-11-15/h1-13,19H,(H,23,24). The van der Waals surface area contributed by atoms with Crippen LogP contribution >= 0.6 is 0 Å². The van der Waals surface area contributed by atoms with E-state index in [2.05, 4.69) is 5.32 Å². The van der Waals surface area contributed by atoms with E-state index in [1.165, 1.54) is 6.07 Å². The molecular formula is C20H15F2NO. The third-order valence-corrected chi connectivity index (χ3v) is 3.73. The van der Waals surface area contributed by atoms with E-state index in [0.29, 0.717) is 0 Å². The molecule has 0 heterocycles. The topological polar surface area (TPSA) is 29.1 Å². The highest BCUT2D eigenvalue weighted by atomic mass is 19.1. The number of hydrogen-bond acceptors (Lipinski definition) is 1. The number of carbonyl (C=O) groups excluding carboxylic acids is 1. The van der Waals surface area contributed by atoms with E-state index in [1.54, 1.807) is 0 Å². The number of nitrogens with one attached hydrogen (secondary N) is 1. The van der Waals surface area contributed by atoms with Gasteiger partial charge in [-0.1, -0.05) is 66.7 Å². The molecule has 0 aromatic heterocycles. The Kier molecular flexibility index (Phi) is 4.66. The van der Waals surface area contributed by atoms with Gasteiger partial charge in [0.15, 0.2) is 0 Å². The van der Waals surface area contributed by atoms with Gasteiger partial charge in [0.25, 0.3) is 5.91 Å². The molecule has 0 bridgehead atoms. The molecule has 120 valence electrons. The zero-order chi connectivity index (χ0) is 16.9. The Bertz CT molecular complexity index is 775. The maximum atomic E-state index is 13.9. The van der Waals surface area contributed by atoms with Crippen molar-refractivity contribution in [3.8, 4) is 0 Å². The monoisotopic (exact) mass is 323 g/mol. The van der Waals surface area contributed by atoms with E-state index in [-0.39, 0.29) is 0 Å². The first kappa shape index (κ1) is 15.9. The summed E-state index contributed by atoms with van der Waals surface area (Å²) in [6.07, 6.45) is 0. The predicted octanol–water partition coefficient (Wildman–Crippen LogP) is 4.48. The third kappa shape index (κ3) is 3.33. The van der Waals surface area contributed by atoms with Crippen LogP contribution in [0.4, 0.5) is 8.78 Å². The zero-order valence-electron chi connectivity index (χ0n) is 12.7. The average molecular weight is 323 g/mol. The van der Waals surface area contributed by atoms with E-state index >= 15 is 0 Å². The minimum Gasteiger partial charge on any atom is -0.341 e. The van der Waals surface area contributed by atoms with Crippen LogP contribution in [0.25, 0.3) is 0 Å². The first-order valence-corrected chi connectivity index (χ1v) is 7.51. The fourth-order valence-electron chi connectivity index (χ4n) is 2.57. The molecule has 0 aliphatic carbocycles. The van der Waals surface area contributed by atoms with Crippen LogP contribution in [0.3, 0.4) is 0 Å². The highest BCUT2D eigenvalue weighted by molar-refractivity contribution is 5.95. The summed E-state index contributed by atoms with van der Waals surface area (Å²) in [4.78, 5) is 12.5. The van der Waals surface area contributed by atoms with Crippen molar-refractivity contribution >= 4 is 5.91 Å². The smallest absolute Gasteiger partial charge is 0.258 e. The molecule has 3 aromatic carbocycles. The Labute approximate surface area is 138 Å². The second-order valence-electron chi connectivity index (χ2n) is 5.32. The number of hydrogen-bond donors (Lipinski definition) is 1. The van der Waals surface area contributed by atoms with Crippen molar-refractivity contribution in [1.29, 1.82) is 0 Å². The molecule has 0 saturated heterocycles. The van der Waals surface area contributed by atoms with Crippen molar-refractivity contribution in [2.24, 2.45) is 0 Å². The predicted molar refractivity (Wildman–Crippen MR) is 88.6 cm³/mol. The van der Waals surface area contributed by atoms with Gasteiger partial charge >= 0.3 is 0 Å². The first-order valence-electron chi connectivity index (χ1n) is 7.51. The molecule has 0 atom stereocenters. The summed E-state index contributed by atoms with van der Waals surface area (Å²) >= 11 is 0. The summed E-state index contributed by atoms with van der Waals surface area (Å²) in [6, 6.07) is 21.4. The largest absolute Gasteiger partial charge is 0.341 e. The highest BCUT2D eigenvalue weighted by Gasteiger charge is 2.22. The lowest BCUT2D eigenvalue weighted by molar-refractivity contribution is 0.0934. The van der Waals surface area contributed by atoms with Gasteiger partial charge in [-0.2, -0.15) is 0 Å². The molecule has 24 heavy (non-hydrogen) atoms. The molecule has 0 radical (unpaired) electrons. The van der Waals surface area contributed by atoms with Crippen LogP contribution in [-0.2, 0) is 0 Å². The van der Waals surface area contributed by atoms with E-state index in [9.17, 15) is 13.6 Å². The molecule has 1 amide bonds. The third-order valence-electron chi connectivity index (χ3n) is 3.73. The summed E-state index contributed by atoms with van der Waals surface area (Å²) in [6.45, 7) is 0. The van der Waals surface area contributed by atoms with Gasteiger partial charge < -0.3 is 5.32 Å². The van der Waals surface area contributed by atoms with E-state index in [0.717, 1.165) is 23.3 Å². The van der Waals surface area contributed by atoms with Crippen molar-refractivity contribution in [2.45, 2.75) is 6.04 Å². The van der Waals surface area contributed by atoms with Crippen molar-refractivity contribution < 1.29 is 13.6 Å². The molecule has 0 unspecified atom stereocenters. The second kappa shape index (κ2) is 7.04. The SMILES string of the molecule is O=C(NC(c1ccccc1)c1ccccc1)c1c(F)cccc1F. The van der Waals surface area contributed by atoms with Crippen molar-refractivity contribution in [1.82, 2.24) is 5.32 Å².